The van der Waals surface area contributed by atoms with E-state index in [1.54, 1.807) is 0 Å². The van der Waals surface area contributed by atoms with E-state index in [0.717, 1.165) is 128 Å². The molecule has 4 aromatic carbocycles. The van der Waals surface area contributed by atoms with Crippen LogP contribution in [-0.2, 0) is 30.9 Å². The molecule has 0 aliphatic carbocycles. The van der Waals surface area contributed by atoms with Crippen LogP contribution in [0.25, 0.3) is 22.1 Å². The van der Waals surface area contributed by atoms with Crippen LogP contribution in [-0.4, -0.2) is 123 Å². The van der Waals surface area contributed by atoms with E-state index in [1.807, 2.05) is 103 Å². The van der Waals surface area contributed by atoms with Crippen molar-refractivity contribution < 1.29 is 28.5 Å². The van der Waals surface area contributed by atoms with Crippen molar-refractivity contribution in [3.8, 4) is 23.0 Å². The number of nitrogens with one attached hydrogen (secondary N) is 1. The molecular weight excluding hydrogens is 901 g/mol. The molecule has 2 aromatic heterocycles. The van der Waals surface area contributed by atoms with Crippen LogP contribution >= 0.6 is 0 Å². The Morgan fingerprint density at radius 1 is 0.634 bits per heavy atom. The highest BCUT2D eigenvalue weighted by atomic mass is 16.6. The summed E-state index contributed by atoms with van der Waals surface area (Å²) in [4.78, 5) is 53.6. The zero-order valence-corrected chi connectivity index (χ0v) is 41.9. The van der Waals surface area contributed by atoms with Gasteiger partial charge in [0.15, 0.2) is 23.0 Å². The summed E-state index contributed by atoms with van der Waals surface area (Å²) in [7, 11) is 0. The van der Waals surface area contributed by atoms with Crippen molar-refractivity contribution in [3.05, 3.63) is 128 Å². The van der Waals surface area contributed by atoms with E-state index in [2.05, 4.69) is 43.3 Å². The van der Waals surface area contributed by atoms with Crippen LogP contribution < -0.4 is 35.4 Å². The monoisotopic (exact) mass is 969 g/mol. The maximum Gasteiger partial charge on any atom is 0.410 e. The van der Waals surface area contributed by atoms with Crippen LogP contribution in [0.1, 0.15) is 68.7 Å². The fraction of sp³-hybridized carbons (Fsp3) is 0.473. The van der Waals surface area contributed by atoms with Crippen molar-refractivity contribution in [3.63, 3.8) is 0 Å². The predicted molar refractivity (Wildman–Crippen MR) is 274 cm³/mol. The van der Waals surface area contributed by atoms with E-state index in [4.69, 9.17) is 23.7 Å². The molecule has 71 heavy (non-hydrogen) atoms. The lowest BCUT2D eigenvalue weighted by molar-refractivity contribution is 0.00562. The molecule has 16 heteroatoms. The quantitative estimate of drug-likeness (QED) is 0.133. The van der Waals surface area contributed by atoms with Gasteiger partial charge in [0, 0.05) is 64.4 Å². The Morgan fingerprint density at radius 2 is 1.11 bits per heavy atom. The summed E-state index contributed by atoms with van der Waals surface area (Å²) < 4.78 is 32.2. The minimum atomic E-state index is -0.582. The van der Waals surface area contributed by atoms with Gasteiger partial charge in [-0.2, -0.15) is 0 Å². The summed E-state index contributed by atoms with van der Waals surface area (Å²) in [5.74, 6) is 3.13. The predicted octanol–water partition coefficient (Wildman–Crippen LogP) is 7.11. The lowest BCUT2D eigenvalue weighted by atomic mass is 10.0. The minimum Gasteiger partial charge on any atom is -0.486 e. The van der Waals surface area contributed by atoms with Crippen molar-refractivity contribution in [2.45, 2.75) is 104 Å². The molecule has 6 aromatic rings. The number of carbonyl (C=O) groups is 1. The topological polar surface area (TPSA) is 155 Å². The first kappa shape index (κ1) is 49.5. The van der Waals surface area contributed by atoms with Gasteiger partial charge in [0.1, 0.15) is 32.0 Å². The van der Waals surface area contributed by atoms with Gasteiger partial charge in [-0.1, -0.05) is 24.3 Å². The van der Waals surface area contributed by atoms with Gasteiger partial charge < -0.3 is 52.8 Å². The van der Waals surface area contributed by atoms with E-state index < -0.39 is 5.60 Å². The molecule has 0 atom stereocenters. The van der Waals surface area contributed by atoms with Crippen molar-refractivity contribution in [2.75, 3.05) is 65.7 Å². The third-order valence-corrected chi connectivity index (χ3v) is 13.7. The maximum atomic E-state index is 13.3. The Kier molecular flexibility index (Phi) is 15.5. The number of hydrogen-bond donors (Lipinski definition) is 1. The largest absolute Gasteiger partial charge is 0.486 e. The molecule has 376 valence electrons. The standard InChI is InChI=1S/C30H38N4O5.C25H30N4O3/c1-21-5-7-24-25(17-21)33(28(35)19-31-24)14-13-32-11-9-23(10-12-32)34(29(36)39-30(2,3)4)20-22-6-8-26-27(18-22)38-16-15-37-26;1-18-2-4-21-22(14-18)29(25(30)17-27-21)11-10-28-8-6-20(7-9-28)26-16-19-3-5-23-24(15-19)32-13-12-31-23/h5-8,17-19,23H,9-16,20H2,1-4H3;2-5,14-15,17,20,26H,6-13,16H2,1H3. The van der Waals surface area contributed by atoms with E-state index >= 15 is 0 Å². The molecule has 10 rings (SSSR count). The third-order valence-electron chi connectivity index (χ3n) is 13.7. The molecule has 1 N–H and O–H groups in total. The summed E-state index contributed by atoms with van der Waals surface area (Å²) in [5, 5.41) is 3.69. The normalized spacial score (nSPS) is 16.6. The van der Waals surface area contributed by atoms with Gasteiger partial charge in [-0.15, -0.1) is 0 Å². The van der Waals surface area contributed by atoms with E-state index in [-0.39, 0.29) is 23.3 Å². The fourth-order valence-electron chi connectivity index (χ4n) is 9.81. The average Bonchev–Trinajstić information content (AvgIpc) is 3.37. The van der Waals surface area contributed by atoms with Crippen LogP contribution in [0.15, 0.2) is 94.8 Å². The molecule has 16 nitrogen and oxygen atoms in total. The van der Waals surface area contributed by atoms with Crippen LogP contribution in [0.4, 0.5) is 4.79 Å². The van der Waals surface area contributed by atoms with Gasteiger partial charge in [0.05, 0.1) is 34.5 Å². The summed E-state index contributed by atoms with van der Waals surface area (Å²) in [6.45, 7) is 20.0. The number of rotatable bonds is 12. The van der Waals surface area contributed by atoms with Gasteiger partial charge in [-0.25, -0.2) is 14.8 Å². The van der Waals surface area contributed by atoms with Crippen molar-refractivity contribution in [1.82, 2.24) is 39.1 Å². The van der Waals surface area contributed by atoms with Crippen molar-refractivity contribution in [1.29, 1.82) is 0 Å². The molecule has 0 radical (unpaired) electrons. The number of amides is 1. The Balaban J connectivity index is 0.000000179. The molecule has 1 amide bonds. The molecular formula is C55H68N8O8. The van der Waals surface area contributed by atoms with E-state index in [9.17, 15) is 14.4 Å². The molecule has 0 bridgehead atoms. The van der Waals surface area contributed by atoms with Gasteiger partial charge in [-0.3, -0.25) is 9.59 Å². The summed E-state index contributed by atoms with van der Waals surface area (Å²) in [5.41, 5.74) is 7.24. The van der Waals surface area contributed by atoms with Crippen LogP contribution in [0.2, 0.25) is 0 Å². The lowest BCUT2D eigenvalue weighted by Crippen LogP contribution is -2.49. The molecule has 4 aliphatic heterocycles. The molecule has 6 heterocycles. The number of fused-ring (bicyclic) bond motifs is 4. The highest BCUT2D eigenvalue weighted by Crippen LogP contribution is 2.33. The first-order chi connectivity index (χ1) is 34.3. The van der Waals surface area contributed by atoms with Crippen molar-refractivity contribution >= 4 is 28.2 Å². The van der Waals surface area contributed by atoms with E-state index in [1.165, 1.54) is 18.0 Å². The summed E-state index contributed by atoms with van der Waals surface area (Å²) >= 11 is 0. The maximum absolute atomic E-state index is 13.3. The second-order valence-electron chi connectivity index (χ2n) is 20.1. The van der Waals surface area contributed by atoms with Crippen LogP contribution in [0.3, 0.4) is 0 Å². The highest BCUT2D eigenvalue weighted by molar-refractivity contribution is 5.76. The SMILES string of the molecule is Cc1ccc2ncc(=O)n(CCN3CCC(N(Cc4ccc5c(c4)OCCO5)C(=O)OC(C)(C)C)CC3)c2c1.Cc1ccc2ncc(=O)n(CCN3CCC(NCc4ccc5c(c4)OCCO5)CC3)c2c1. The minimum absolute atomic E-state index is 0.0286. The van der Waals surface area contributed by atoms with E-state index in [0.29, 0.717) is 57.9 Å². The number of ether oxygens (including phenoxy) is 5. The lowest BCUT2D eigenvalue weighted by Gasteiger charge is -2.39. The second kappa shape index (κ2) is 22.3. The number of carbonyl (C=O) groups excluding carboxylic acids is 1. The first-order valence-electron chi connectivity index (χ1n) is 25.2. The number of nitrogens with zero attached hydrogens (tertiary/aromatic N) is 7. The molecule has 0 saturated carbocycles. The van der Waals surface area contributed by atoms with Gasteiger partial charge in [0.2, 0.25) is 0 Å². The smallest absolute Gasteiger partial charge is 0.410 e. The highest BCUT2D eigenvalue weighted by Gasteiger charge is 2.32. The number of likely N-dealkylation sites (tertiary alicyclic amines) is 2. The number of aromatic nitrogens is 4. The van der Waals surface area contributed by atoms with Crippen molar-refractivity contribution in [2.24, 2.45) is 0 Å². The molecule has 4 aliphatic rings. The molecule has 2 fully saturated rings. The summed E-state index contributed by atoms with van der Waals surface area (Å²) in [6.07, 6.45) is 6.40. The summed E-state index contributed by atoms with van der Waals surface area (Å²) in [6, 6.07) is 24.7. The average molecular weight is 969 g/mol. The third kappa shape index (κ3) is 12.7. The Morgan fingerprint density at radius 3 is 1.63 bits per heavy atom. The van der Waals surface area contributed by atoms with Crippen LogP contribution in [0.5, 0.6) is 23.0 Å². The van der Waals surface area contributed by atoms with Crippen LogP contribution in [0, 0.1) is 13.8 Å². The second-order valence-corrected chi connectivity index (χ2v) is 20.1. The molecule has 0 spiro atoms. The zero-order valence-electron chi connectivity index (χ0n) is 41.9. The van der Waals surface area contributed by atoms with Gasteiger partial charge in [0.25, 0.3) is 11.1 Å². The Labute approximate surface area is 415 Å². The molecule has 2 saturated heterocycles. The number of benzene rings is 4. The van der Waals surface area contributed by atoms with Gasteiger partial charge in [-0.05, 0) is 144 Å². The Bertz CT molecular complexity index is 2930. The first-order valence-corrected chi connectivity index (χ1v) is 25.2. The number of aryl methyl sites for hydroxylation is 2. The molecule has 0 unspecified atom stereocenters. The number of hydrogen-bond acceptors (Lipinski definition) is 13. The van der Waals surface area contributed by atoms with Gasteiger partial charge >= 0.3 is 6.09 Å². The number of piperidine rings is 2. The fourth-order valence-corrected chi connectivity index (χ4v) is 9.81. The zero-order chi connectivity index (χ0) is 49.5. The Hall–Kier alpha value is -6.49.